The molecule has 3 rings (SSSR count). The van der Waals surface area contributed by atoms with Crippen molar-refractivity contribution in [2.24, 2.45) is 0 Å². The van der Waals surface area contributed by atoms with E-state index in [-0.39, 0.29) is 11.1 Å². The first-order chi connectivity index (χ1) is 9.65. The normalized spacial score (nSPS) is 19.1. The molecule has 0 spiro atoms. The van der Waals surface area contributed by atoms with Crippen LogP contribution in [0.2, 0.25) is 5.02 Å². The molecule has 0 bridgehead atoms. The fourth-order valence-corrected chi connectivity index (χ4v) is 2.75. The summed E-state index contributed by atoms with van der Waals surface area (Å²) in [6, 6.07) is 12.4. The lowest BCUT2D eigenvalue weighted by molar-refractivity contribution is 0.148. The van der Waals surface area contributed by atoms with Crippen molar-refractivity contribution in [2.75, 3.05) is 5.32 Å². The van der Waals surface area contributed by atoms with Crippen LogP contribution in [0.4, 0.5) is 10.1 Å². The zero-order valence-corrected chi connectivity index (χ0v) is 11.6. The summed E-state index contributed by atoms with van der Waals surface area (Å²) in [5, 5.41) is 13.8. The number of rotatable bonds is 2. The summed E-state index contributed by atoms with van der Waals surface area (Å²) in [5.74, 6) is -0.501. The Hall–Kier alpha value is -1.58. The van der Waals surface area contributed by atoms with Crippen LogP contribution >= 0.6 is 11.6 Å². The molecule has 1 aliphatic rings. The maximum atomic E-state index is 13.5. The number of halogens is 2. The lowest BCUT2D eigenvalue weighted by Gasteiger charge is -2.30. The van der Waals surface area contributed by atoms with Crippen LogP contribution in [0.3, 0.4) is 0 Å². The average molecular weight is 292 g/mol. The molecule has 0 saturated heterocycles. The molecule has 2 nitrogen and oxygen atoms in total. The highest BCUT2D eigenvalue weighted by atomic mass is 35.5. The predicted octanol–water partition coefficient (Wildman–Crippen LogP) is 3.94. The second kappa shape index (κ2) is 5.43. The van der Waals surface area contributed by atoms with E-state index in [9.17, 15) is 9.50 Å². The maximum Gasteiger partial charge on any atom is 0.142 e. The SMILES string of the molecule is OC(c1ccc(Cl)c(F)c1)C1CCc2ccccc2N1. The Morgan fingerprint density at radius 2 is 2.05 bits per heavy atom. The third-order valence-electron chi connectivity index (χ3n) is 3.75. The lowest BCUT2D eigenvalue weighted by Crippen LogP contribution is -2.31. The standard InChI is InChI=1S/C16H15ClFNO/c17-12-7-5-11(9-13(12)18)16(20)15-8-6-10-3-1-2-4-14(10)19-15/h1-5,7,9,15-16,19-20H,6,8H2. The van der Waals surface area contributed by atoms with Crippen LogP contribution in [0.15, 0.2) is 42.5 Å². The number of fused-ring (bicyclic) bond motifs is 1. The molecule has 0 amide bonds. The van der Waals surface area contributed by atoms with Crippen molar-refractivity contribution in [2.45, 2.75) is 25.0 Å². The molecule has 4 heteroatoms. The van der Waals surface area contributed by atoms with Crippen molar-refractivity contribution in [1.82, 2.24) is 0 Å². The molecule has 0 aliphatic carbocycles. The van der Waals surface area contributed by atoms with Gasteiger partial charge in [-0.1, -0.05) is 35.9 Å². The highest BCUT2D eigenvalue weighted by Crippen LogP contribution is 2.31. The number of aliphatic hydroxyl groups excluding tert-OH is 1. The van der Waals surface area contributed by atoms with Gasteiger partial charge in [0.1, 0.15) is 5.82 Å². The Morgan fingerprint density at radius 3 is 2.85 bits per heavy atom. The summed E-state index contributed by atoms with van der Waals surface area (Å²) in [4.78, 5) is 0. The molecule has 0 fully saturated rings. The highest BCUT2D eigenvalue weighted by Gasteiger charge is 2.25. The second-order valence-corrected chi connectivity index (χ2v) is 5.47. The van der Waals surface area contributed by atoms with Gasteiger partial charge in [0.2, 0.25) is 0 Å². The van der Waals surface area contributed by atoms with Crippen molar-refractivity contribution in [3.05, 3.63) is 64.4 Å². The van der Waals surface area contributed by atoms with Gasteiger partial charge in [-0.05, 0) is 42.2 Å². The van der Waals surface area contributed by atoms with Crippen LogP contribution in [0.25, 0.3) is 0 Å². The minimum Gasteiger partial charge on any atom is -0.386 e. The van der Waals surface area contributed by atoms with Crippen LogP contribution < -0.4 is 5.32 Å². The predicted molar refractivity (Wildman–Crippen MR) is 78.5 cm³/mol. The van der Waals surface area contributed by atoms with Crippen molar-refractivity contribution < 1.29 is 9.50 Å². The molecule has 0 radical (unpaired) electrons. The van der Waals surface area contributed by atoms with E-state index in [0.717, 1.165) is 18.5 Å². The number of hydrogen-bond donors (Lipinski definition) is 2. The molecule has 0 aromatic heterocycles. The lowest BCUT2D eigenvalue weighted by atomic mass is 9.92. The van der Waals surface area contributed by atoms with Gasteiger partial charge in [-0.3, -0.25) is 0 Å². The number of aliphatic hydroxyl groups is 1. The van der Waals surface area contributed by atoms with E-state index in [4.69, 9.17) is 11.6 Å². The fraction of sp³-hybridized carbons (Fsp3) is 0.250. The van der Waals surface area contributed by atoms with E-state index in [0.29, 0.717) is 5.56 Å². The zero-order valence-electron chi connectivity index (χ0n) is 10.8. The molecule has 2 N–H and O–H groups in total. The van der Waals surface area contributed by atoms with Crippen molar-refractivity contribution >= 4 is 17.3 Å². The minimum absolute atomic E-state index is 0.0721. The van der Waals surface area contributed by atoms with Gasteiger partial charge in [0, 0.05) is 5.69 Å². The van der Waals surface area contributed by atoms with Crippen LogP contribution in [0.1, 0.15) is 23.7 Å². The summed E-state index contributed by atoms with van der Waals surface area (Å²) < 4.78 is 13.5. The Balaban J connectivity index is 1.82. The Morgan fingerprint density at radius 1 is 1.25 bits per heavy atom. The first-order valence-electron chi connectivity index (χ1n) is 6.62. The second-order valence-electron chi connectivity index (χ2n) is 5.07. The van der Waals surface area contributed by atoms with E-state index < -0.39 is 11.9 Å². The highest BCUT2D eigenvalue weighted by molar-refractivity contribution is 6.30. The van der Waals surface area contributed by atoms with Crippen LogP contribution in [-0.2, 0) is 6.42 Å². The van der Waals surface area contributed by atoms with Gasteiger partial charge in [-0.2, -0.15) is 0 Å². The number of benzene rings is 2. The van der Waals surface area contributed by atoms with Crippen molar-refractivity contribution in [3.63, 3.8) is 0 Å². The van der Waals surface area contributed by atoms with Gasteiger partial charge in [-0.15, -0.1) is 0 Å². The Bertz CT molecular complexity index is 632. The smallest absolute Gasteiger partial charge is 0.142 e. The summed E-state index contributed by atoms with van der Waals surface area (Å²) in [6.07, 6.45) is 0.957. The number of para-hydroxylation sites is 1. The Labute approximate surface area is 122 Å². The van der Waals surface area contributed by atoms with Gasteiger partial charge in [0.15, 0.2) is 0 Å². The van der Waals surface area contributed by atoms with Gasteiger partial charge >= 0.3 is 0 Å². The summed E-state index contributed by atoms with van der Waals surface area (Å²) in [6.45, 7) is 0. The quantitative estimate of drug-likeness (QED) is 0.878. The van der Waals surface area contributed by atoms with Crippen molar-refractivity contribution in [3.8, 4) is 0 Å². The largest absolute Gasteiger partial charge is 0.386 e. The summed E-state index contributed by atoms with van der Waals surface area (Å²) >= 11 is 5.67. The number of aryl methyl sites for hydroxylation is 1. The van der Waals surface area contributed by atoms with Gasteiger partial charge in [0.05, 0.1) is 17.2 Å². The van der Waals surface area contributed by atoms with Crippen LogP contribution in [0, 0.1) is 5.82 Å². The van der Waals surface area contributed by atoms with E-state index in [1.807, 2.05) is 18.2 Å². The molecule has 2 aromatic rings. The monoisotopic (exact) mass is 291 g/mol. The minimum atomic E-state index is -0.755. The fourth-order valence-electron chi connectivity index (χ4n) is 2.63. The molecule has 1 aliphatic heterocycles. The first-order valence-corrected chi connectivity index (χ1v) is 7.00. The molecule has 2 aromatic carbocycles. The summed E-state index contributed by atoms with van der Waals surface area (Å²) in [5.41, 5.74) is 2.83. The molecule has 0 saturated carbocycles. The molecule has 104 valence electrons. The van der Waals surface area contributed by atoms with E-state index in [1.54, 1.807) is 6.07 Å². The molecule has 2 atom stereocenters. The molecule has 20 heavy (non-hydrogen) atoms. The number of nitrogens with one attached hydrogen (secondary N) is 1. The Kier molecular flexibility index (Phi) is 3.64. The topological polar surface area (TPSA) is 32.3 Å². The molecular formula is C16H15ClFNO. The average Bonchev–Trinajstić information content (AvgIpc) is 2.49. The summed E-state index contributed by atoms with van der Waals surface area (Å²) in [7, 11) is 0. The van der Waals surface area contributed by atoms with Crippen LogP contribution in [-0.4, -0.2) is 11.1 Å². The van der Waals surface area contributed by atoms with E-state index in [2.05, 4.69) is 11.4 Å². The van der Waals surface area contributed by atoms with Gasteiger partial charge in [-0.25, -0.2) is 4.39 Å². The number of hydrogen-bond acceptors (Lipinski definition) is 2. The van der Waals surface area contributed by atoms with Crippen molar-refractivity contribution in [1.29, 1.82) is 0 Å². The van der Waals surface area contributed by atoms with E-state index in [1.165, 1.54) is 17.7 Å². The third kappa shape index (κ3) is 2.51. The van der Waals surface area contributed by atoms with Gasteiger partial charge < -0.3 is 10.4 Å². The molecule has 1 heterocycles. The zero-order chi connectivity index (χ0) is 14.1. The molecule has 2 unspecified atom stereocenters. The maximum absolute atomic E-state index is 13.5. The third-order valence-corrected chi connectivity index (χ3v) is 4.06. The first kappa shape index (κ1) is 13.4. The number of anilines is 1. The molecular weight excluding hydrogens is 277 g/mol. The van der Waals surface area contributed by atoms with E-state index >= 15 is 0 Å². The van der Waals surface area contributed by atoms with Crippen LogP contribution in [0.5, 0.6) is 0 Å². The van der Waals surface area contributed by atoms with Gasteiger partial charge in [0.25, 0.3) is 0 Å².